The molecule has 0 bridgehead atoms. The molecule has 1 N–H and O–H groups in total. The minimum absolute atomic E-state index is 0.00189. The fraction of sp³-hybridized carbons (Fsp3) is 0.261. The van der Waals surface area contributed by atoms with Crippen LogP contribution >= 0.6 is 11.8 Å². The molecule has 0 saturated carbocycles. The number of hydrogen-bond acceptors (Lipinski definition) is 5. The molecular weight excluding hydrogens is 398 g/mol. The SMILES string of the molecule is CC(C)c1cnc(-c2ccc(NC(=O)c3ccccc3SCC(=O)N(C)C)cc2)o1. The molecule has 0 aliphatic carbocycles. The molecule has 2 aromatic carbocycles. The molecule has 2 amide bonds. The van der Waals surface area contributed by atoms with E-state index >= 15 is 0 Å². The van der Waals surface area contributed by atoms with Crippen LogP contribution in [0.4, 0.5) is 5.69 Å². The summed E-state index contributed by atoms with van der Waals surface area (Å²) in [7, 11) is 3.43. The van der Waals surface area contributed by atoms with Gasteiger partial charge in [-0.1, -0.05) is 26.0 Å². The van der Waals surface area contributed by atoms with Crippen LogP contribution in [0.2, 0.25) is 0 Å². The number of rotatable bonds is 7. The molecule has 0 aliphatic rings. The number of nitrogens with zero attached hydrogens (tertiary/aromatic N) is 2. The van der Waals surface area contributed by atoms with Gasteiger partial charge in [-0.05, 0) is 36.4 Å². The van der Waals surface area contributed by atoms with Crippen molar-refractivity contribution in [2.45, 2.75) is 24.7 Å². The van der Waals surface area contributed by atoms with Gasteiger partial charge in [-0.2, -0.15) is 0 Å². The molecule has 6 nitrogen and oxygen atoms in total. The Kier molecular flexibility index (Phi) is 6.95. The van der Waals surface area contributed by atoms with Crippen LogP contribution in [0.15, 0.2) is 64.0 Å². The molecule has 7 heteroatoms. The average molecular weight is 424 g/mol. The lowest BCUT2D eigenvalue weighted by molar-refractivity contribution is -0.125. The number of carbonyl (C=O) groups is 2. The number of anilines is 1. The molecule has 0 aliphatic heterocycles. The Morgan fingerprint density at radius 2 is 1.80 bits per heavy atom. The van der Waals surface area contributed by atoms with Gasteiger partial charge in [-0.15, -0.1) is 11.8 Å². The van der Waals surface area contributed by atoms with Crippen molar-refractivity contribution >= 4 is 29.3 Å². The van der Waals surface area contributed by atoms with E-state index < -0.39 is 0 Å². The zero-order valence-electron chi connectivity index (χ0n) is 17.5. The van der Waals surface area contributed by atoms with Gasteiger partial charge >= 0.3 is 0 Å². The van der Waals surface area contributed by atoms with Crippen molar-refractivity contribution in [2.75, 3.05) is 25.2 Å². The fourth-order valence-corrected chi connectivity index (χ4v) is 3.66. The van der Waals surface area contributed by atoms with Crippen molar-refractivity contribution in [3.05, 3.63) is 66.1 Å². The highest BCUT2D eigenvalue weighted by Crippen LogP contribution is 2.26. The zero-order valence-corrected chi connectivity index (χ0v) is 18.3. The van der Waals surface area contributed by atoms with Crippen LogP contribution in [0.25, 0.3) is 11.5 Å². The number of oxazole rings is 1. The molecule has 1 aromatic heterocycles. The molecule has 0 spiro atoms. The average Bonchev–Trinajstić information content (AvgIpc) is 3.23. The van der Waals surface area contributed by atoms with Crippen molar-refractivity contribution in [1.29, 1.82) is 0 Å². The topological polar surface area (TPSA) is 75.4 Å². The van der Waals surface area contributed by atoms with Gasteiger partial charge in [0.2, 0.25) is 11.8 Å². The predicted octanol–water partition coefficient (Wildman–Crippen LogP) is 4.90. The Morgan fingerprint density at radius 3 is 2.43 bits per heavy atom. The maximum absolute atomic E-state index is 12.8. The Bertz CT molecular complexity index is 1030. The number of aromatic nitrogens is 1. The van der Waals surface area contributed by atoms with Gasteiger partial charge in [0.25, 0.3) is 5.91 Å². The van der Waals surface area contributed by atoms with Crippen LogP contribution in [-0.4, -0.2) is 41.5 Å². The van der Waals surface area contributed by atoms with Gasteiger partial charge in [0, 0.05) is 36.2 Å². The molecule has 0 unspecified atom stereocenters. The van der Waals surface area contributed by atoms with Gasteiger partial charge < -0.3 is 14.6 Å². The Labute approximate surface area is 180 Å². The Balaban J connectivity index is 1.69. The van der Waals surface area contributed by atoms with Crippen LogP contribution < -0.4 is 5.32 Å². The quantitative estimate of drug-likeness (QED) is 0.547. The Morgan fingerprint density at radius 1 is 1.10 bits per heavy atom. The summed E-state index contributed by atoms with van der Waals surface area (Å²) in [6.07, 6.45) is 1.74. The van der Waals surface area contributed by atoms with Gasteiger partial charge in [-0.3, -0.25) is 9.59 Å². The summed E-state index contributed by atoms with van der Waals surface area (Å²) in [5.74, 6) is 1.73. The Hall–Kier alpha value is -3.06. The van der Waals surface area contributed by atoms with E-state index in [0.29, 0.717) is 17.1 Å². The molecular formula is C23H25N3O3S. The molecule has 3 aromatic rings. The number of nitrogens with one attached hydrogen (secondary N) is 1. The highest BCUT2D eigenvalue weighted by atomic mass is 32.2. The standard InChI is InChI=1S/C23H25N3O3S/c1-15(2)19-13-24-23(29-19)16-9-11-17(12-10-16)25-22(28)18-7-5-6-8-20(18)30-14-21(27)26(3)4/h5-13,15H,14H2,1-4H3,(H,25,28). The molecule has 0 fully saturated rings. The largest absolute Gasteiger partial charge is 0.441 e. The maximum Gasteiger partial charge on any atom is 0.256 e. The third-order valence-corrected chi connectivity index (χ3v) is 5.52. The van der Waals surface area contributed by atoms with Gasteiger partial charge in [0.1, 0.15) is 5.76 Å². The van der Waals surface area contributed by atoms with E-state index in [1.165, 1.54) is 16.7 Å². The van der Waals surface area contributed by atoms with Crippen LogP contribution in [0.5, 0.6) is 0 Å². The lowest BCUT2D eigenvalue weighted by atomic mass is 10.2. The monoisotopic (exact) mass is 423 g/mol. The minimum Gasteiger partial charge on any atom is -0.441 e. The lowest BCUT2D eigenvalue weighted by Gasteiger charge is -2.12. The van der Waals surface area contributed by atoms with Crippen LogP contribution in [0.1, 0.15) is 35.9 Å². The molecule has 1 heterocycles. The van der Waals surface area contributed by atoms with E-state index in [0.717, 1.165) is 16.2 Å². The van der Waals surface area contributed by atoms with Crippen molar-refractivity contribution in [2.24, 2.45) is 0 Å². The summed E-state index contributed by atoms with van der Waals surface area (Å²) in [6, 6.07) is 14.6. The highest BCUT2D eigenvalue weighted by Gasteiger charge is 2.14. The van der Waals surface area contributed by atoms with Crippen LogP contribution in [0.3, 0.4) is 0 Å². The summed E-state index contributed by atoms with van der Waals surface area (Å²) in [5.41, 5.74) is 2.05. The lowest BCUT2D eigenvalue weighted by Crippen LogP contribution is -2.23. The van der Waals surface area contributed by atoms with Gasteiger partial charge in [-0.25, -0.2) is 4.98 Å². The summed E-state index contributed by atoms with van der Waals surface area (Å²) in [6.45, 7) is 4.10. The number of carbonyl (C=O) groups excluding carboxylic acids is 2. The molecule has 0 radical (unpaired) electrons. The van der Waals surface area contributed by atoms with Gasteiger partial charge in [0.05, 0.1) is 17.5 Å². The summed E-state index contributed by atoms with van der Waals surface area (Å²) in [4.78, 5) is 31.3. The van der Waals surface area contributed by atoms with E-state index in [1.807, 2.05) is 42.5 Å². The normalized spacial score (nSPS) is 10.8. The van der Waals surface area contributed by atoms with E-state index in [2.05, 4.69) is 24.1 Å². The van der Waals surface area contributed by atoms with E-state index in [4.69, 9.17) is 4.42 Å². The molecule has 0 atom stereocenters. The molecule has 3 rings (SSSR count). The summed E-state index contributed by atoms with van der Waals surface area (Å²) >= 11 is 1.35. The zero-order chi connectivity index (χ0) is 21.7. The first-order chi connectivity index (χ1) is 14.3. The van der Waals surface area contributed by atoms with Crippen molar-refractivity contribution in [3.63, 3.8) is 0 Å². The molecule has 0 saturated heterocycles. The minimum atomic E-state index is -0.221. The van der Waals surface area contributed by atoms with E-state index in [9.17, 15) is 9.59 Å². The second kappa shape index (κ2) is 9.63. The second-order valence-electron chi connectivity index (χ2n) is 7.33. The number of thioether (sulfide) groups is 1. The third kappa shape index (κ3) is 5.30. The predicted molar refractivity (Wildman–Crippen MR) is 120 cm³/mol. The molecule has 30 heavy (non-hydrogen) atoms. The third-order valence-electron chi connectivity index (χ3n) is 4.46. The maximum atomic E-state index is 12.8. The van der Waals surface area contributed by atoms with Crippen LogP contribution in [-0.2, 0) is 4.79 Å². The smallest absolute Gasteiger partial charge is 0.256 e. The number of amides is 2. The number of hydrogen-bond donors (Lipinski definition) is 1. The first-order valence-electron chi connectivity index (χ1n) is 9.64. The second-order valence-corrected chi connectivity index (χ2v) is 8.34. The van der Waals surface area contributed by atoms with Crippen LogP contribution in [0, 0.1) is 0 Å². The highest BCUT2D eigenvalue weighted by molar-refractivity contribution is 8.00. The number of benzene rings is 2. The van der Waals surface area contributed by atoms with E-state index in [1.54, 1.807) is 26.4 Å². The van der Waals surface area contributed by atoms with Crippen molar-refractivity contribution in [1.82, 2.24) is 9.88 Å². The van der Waals surface area contributed by atoms with Crippen molar-refractivity contribution < 1.29 is 14.0 Å². The summed E-state index contributed by atoms with van der Waals surface area (Å²) in [5, 5.41) is 2.91. The molecule has 156 valence electrons. The summed E-state index contributed by atoms with van der Waals surface area (Å²) < 4.78 is 5.77. The van der Waals surface area contributed by atoms with Crippen molar-refractivity contribution in [3.8, 4) is 11.5 Å². The first-order valence-corrected chi connectivity index (χ1v) is 10.6. The first kappa shape index (κ1) is 21.6. The van der Waals surface area contributed by atoms with Gasteiger partial charge in [0.15, 0.2) is 0 Å². The van der Waals surface area contributed by atoms with E-state index in [-0.39, 0.29) is 23.5 Å². The fourth-order valence-electron chi connectivity index (χ4n) is 2.63.